The summed E-state index contributed by atoms with van der Waals surface area (Å²) >= 11 is 0. The molecule has 1 N–H and O–H groups in total. The van der Waals surface area contributed by atoms with Crippen LogP contribution in [0.5, 0.6) is 11.5 Å². The van der Waals surface area contributed by atoms with Gasteiger partial charge in [-0.05, 0) is 18.6 Å². The van der Waals surface area contributed by atoms with Crippen LogP contribution in [0.15, 0.2) is 18.2 Å². The van der Waals surface area contributed by atoms with Crippen LogP contribution in [0.2, 0.25) is 0 Å². The molecule has 0 saturated carbocycles. The van der Waals surface area contributed by atoms with Crippen LogP contribution in [0.3, 0.4) is 0 Å². The molecule has 0 spiro atoms. The summed E-state index contributed by atoms with van der Waals surface area (Å²) in [5.74, 6) is -0.301. The smallest absolute Gasteiger partial charge is 0.344 e. The van der Waals surface area contributed by atoms with E-state index >= 15 is 0 Å². The Bertz CT molecular complexity index is 413. The first-order valence-corrected chi connectivity index (χ1v) is 5.15. The molecule has 1 aromatic carbocycles. The maximum absolute atomic E-state index is 10.8. The number of methoxy groups -OCH3 is 1. The summed E-state index contributed by atoms with van der Waals surface area (Å²) in [5.41, 5.74) is 0.392. The lowest BCUT2D eigenvalue weighted by Gasteiger charge is -2.14. The first-order chi connectivity index (χ1) is 8.12. The number of carbonyl (C=O) groups excluding carboxylic acids is 1. The highest BCUT2D eigenvalue weighted by molar-refractivity contribution is 5.80. The summed E-state index contributed by atoms with van der Waals surface area (Å²) in [6, 6.07) is 4.56. The Kier molecular flexibility index (Phi) is 4.51. The third-order valence-electron chi connectivity index (χ3n) is 2.26. The maximum atomic E-state index is 10.8. The quantitative estimate of drug-likeness (QED) is 0.764. The predicted octanol–water partition coefficient (Wildman–Crippen LogP) is 1.75. The van der Waals surface area contributed by atoms with Gasteiger partial charge in [-0.25, -0.2) is 4.79 Å². The molecule has 0 heterocycles. The largest absolute Gasteiger partial charge is 0.496 e. The maximum Gasteiger partial charge on any atom is 0.344 e. The number of aldehydes is 1. The van der Waals surface area contributed by atoms with Crippen molar-refractivity contribution in [2.24, 2.45) is 0 Å². The van der Waals surface area contributed by atoms with E-state index in [1.807, 2.05) is 0 Å². The Hall–Kier alpha value is -2.04. The standard InChI is InChI=1S/C12H14O5/c1-3-10(12(14)15)17-9-5-4-8(7-13)11(6-9)16-2/h4-7,10H,3H2,1-2H3,(H,14,15). The summed E-state index contributed by atoms with van der Waals surface area (Å²) in [6.45, 7) is 1.72. The lowest BCUT2D eigenvalue weighted by atomic mass is 10.2. The second-order valence-electron chi connectivity index (χ2n) is 3.37. The van der Waals surface area contributed by atoms with Crippen LogP contribution in [0.1, 0.15) is 23.7 Å². The van der Waals surface area contributed by atoms with Crippen LogP contribution >= 0.6 is 0 Å². The van der Waals surface area contributed by atoms with Crippen molar-refractivity contribution in [3.63, 3.8) is 0 Å². The second-order valence-corrected chi connectivity index (χ2v) is 3.37. The highest BCUT2D eigenvalue weighted by atomic mass is 16.5. The molecule has 0 aliphatic rings. The second kappa shape index (κ2) is 5.89. The van der Waals surface area contributed by atoms with Crippen molar-refractivity contribution in [3.8, 4) is 11.5 Å². The average Bonchev–Trinajstić information content (AvgIpc) is 2.35. The summed E-state index contributed by atoms with van der Waals surface area (Å²) in [6.07, 6.45) is 0.117. The van der Waals surface area contributed by atoms with Crippen molar-refractivity contribution in [3.05, 3.63) is 23.8 Å². The van der Waals surface area contributed by atoms with E-state index in [4.69, 9.17) is 14.6 Å². The van der Waals surface area contributed by atoms with Crippen molar-refractivity contribution >= 4 is 12.3 Å². The van der Waals surface area contributed by atoms with E-state index in [0.29, 0.717) is 29.8 Å². The number of ether oxygens (including phenoxy) is 2. The normalized spacial score (nSPS) is 11.6. The average molecular weight is 238 g/mol. The molecule has 0 aliphatic carbocycles. The minimum absolute atomic E-state index is 0.354. The topological polar surface area (TPSA) is 72.8 Å². The van der Waals surface area contributed by atoms with Gasteiger partial charge in [0.2, 0.25) is 0 Å². The molecular formula is C12H14O5. The van der Waals surface area contributed by atoms with Crippen LogP contribution in [-0.4, -0.2) is 30.6 Å². The fourth-order valence-corrected chi connectivity index (χ4v) is 1.33. The van der Waals surface area contributed by atoms with Gasteiger partial charge in [-0.3, -0.25) is 4.79 Å². The number of carbonyl (C=O) groups is 2. The van der Waals surface area contributed by atoms with Gasteiger partial charge in [0, 0.05) is 6.07 Å². The number of aliphatic carboxylic acids is 1. The number of hydrogen-bond donors (Lipinski definition) is 1. The molecule has 0 aromatic heterocycles. The van der Waals surface area contributed by atoms with Gasteiger partial charge in [-0.15, -0.1) is 0 Å². The fraction of sp³-hybridized carbons (Fsp3) is 0.333. The van der Waals surface area contributed by atoms with E-state index in [0.717, 1.165) is 0 Å². The van der Waals surface area contributed by atoms with E-state index in [1.54, 1.807) is 6.92 Å². The minimum atomic E-state index is -1.02. The zero-order chi connectivity index (χ0) is 12.8. The molecule has 1 aromatic rings. The molecule has 1 rings (SSSR count). The third kappa shape index (κ3) is 3.21. The van der Waals surface area contributed by atoms with Gasteiger partial charge in [-0.2, -0.15) is 0 Å². The van der Waals surface area contributed by atoms with Gasteiger partial charge in [-0.1, -0.05) is 6.92 Å². The van der Waals surface area contributed by atoms with Crippen molar-refractivity contribution in [2.75, 3.05) is 7.11 Å². The van der Waals surface area contributed by atoms with Crippen molar-refractivity contribution in [2.45, 2.75) is 19.4 Å². The third-order valence-corrected chi connectivity index (χ3v) is 2.26. The van der Waals surface area contributed by atoms with Crippen LogP contribution < -0.4 is 9.47 Å². The Morgan fingerprint density at radius 3 is 2.71 bits per heavy atom. The summed E-state index contributed by atoms with van der Waals surface area (Å²) in [7, 11) is 1.43. The molecule has 0 fully saturated rings. The van der Waals surface area contributed by atoms with Gasteiger partial charge in [0.15, 0.2) is 12.4 Å². The van der Waals surface area contributed by atoms with Crippen LogP contribution in [0.25, 0.3) is 0 Å². The molecule has 1 atom stereocenters. The Morgan fingerprint density at radius 1 is 1.53 bits per heavy atom. The Balaban J connectivity index is 2.92. The Labute approximate surface area is 99.0 Å². The zero-order valence-corrected chi connectivity index (χ0v) is 9.67. The van der Waals surface area contributed by atoms with Crippen LogP contribution in [0, 0.1) is 0 Å². The number of carboxylic acid groups (broad SMARTS) is 1. The van der Waals surface area contributed by atoms with Crippen molar-refractivity contribution in [1.29, 1.82) is 0 Å². The predicted molar refractivity (Wildman–Crippen MR) is 60.7 cm³/mol. The van der Waals surface area contributed by atoms with E-state index in [-0.39, 0.29) is 0 Å². The SMILES string of the molecule is CCC(Oc1ccc(C=O)c(OC)c1)C(=O)O. The lowest BCUT2D eigenvalue weighted by molar-refractivity contribution is -0.145. The molecule has 0 bridgehead atoms. The Morgan fingerprint density at radius 2 is 2.24 bits per heavy atom. The number of benzene rings is 1. The van der Waals surface area contributed by atoms with Gasteiger partial charge in [0.05, 0.1) is 12.7 Å². The van der Waals surface area contributed by atoms with Gasteiger partial charge >= 0.3 is 5.97 Å². The van der Waals surface area contributed by atoms with Crippen molar-refractivity contribution in [1.82, 2.24) is 0 Å². The highest BCUT2D eigenvalue weighted by Crippen LogP contribution is 2.24. The summed E-state index contributed by atoms with van der Waals surface area (Å²) in [5, 5.41) is 8.85. The summed E-state index contributed by atoms with van der Waals surface area (Å²) in [4.78, 5) is 21.5. The monoisotopic (exact) mass is 238 g/mol. The van der Waals surface area contributed by atoms with Crippen molar-refractivity contribution < 1.29 is 24.2 Å². The molecular weight excluding hydrogens is 224 g/mol. The molecule has 0 aliphatic heterocycles. The molecule has 5 nitrogen and oxygen atoms in total. The first kappa shape index (κ1) is 13.0. The summed E-state index contributed by atoms with van der Waals surface area (Å²) < 4.78 is 10.3. The molecule has 0 saturated heterocycles. The zero-order valence-electron chi connectivity index (χ0n) is 9.67. The van der Waals surface area contributed by atoms with E-state index in [9.17, 15) is 9.59 Å². The van der Waals surface area contributed by atoms with E-state index in [2.05, 4.69) is 0 Å². The number of carboxylic acids is 1. The van der Waals surface area contributed by atoms with Gasteiger partial charge in [0.1, 0.15) is 11.5 Å². The molecule has 17 heavy (non-hydrogen) atoms. The first-order valence-electron chi connectivity index (χ1n) is 5.15. The molecule has 92 valence electrons. The molecule has 1 unspecified atom stereocenters. The number of rotatable bonds is 6. The van der Waals surface area contributed by atoms with Gasteiger partial charge < -0.3 is 14.6 Å². The lowest BCUT2D eigenvalue weighted by Crippen LogP contribution is -2.25. The van der Waals surface area contributed by atoms with E-state index < -0.39 is 12.1 Å². The fourth-order valence-electron chi connectivity index (χ4n) is 1.33. The minimum Gasteiger partial charge on any atom is -0.496 e. The van der Waals surface area contributed by atoms with E-state index in [1.165, 1.54) is 25.3 Å². The van der Waals surface area contributed by atoms with Gasteiger partial charge in [0.25, 0.3) is 0 Å². The molecule has 5 heteroatoms. The highest BCUT2D eigenvalue weighted by Gasteiger charge is 2.17. The molecule has 0 radical (unpaired) electrons. The molecule has 0 amide bonds. The van der Waals surface area contributed by atoms with Crippen LogP contribution in [0.4, 0.5) is 0 Å². The van der Waals surface area contributed by atoms with Crippen LogP contribution in [-0.2, 0) is 4.79 Å². The number of hydrogen-bond acceptors (Lipinski definition) is 4.